The Morgan fingerprint density at radius 2 is 1.73 bits per heavy atom. The Kier molecular flexibility index (Phi) is 4.28. The Balaban J connectivity index is 2.74. The van der Waals surface area contributed by atoms with Gasteiger partial charge in [0.15, 0.2) is 0 Å². The Hall–Kier alpha value is -0.890. The van der Waals surface area contributed by atoms with Crippen molar-refractivity contribution in [2.75, 3.05) is 0 Å². The summed E-state index contributed by atoms with van der Waals surface area (Å²) in [6.07, 6.45) is 0. The molecule has 1 heterocycles. The summed E-state index contributed by atoms with van der Waals surface area (Å²) in [4.78, 5) is 6.98. The predicted octanol–water partition coefficient (Wildman–Crippen LogP) is 3.01. The van der Waals surface area contributed by atoms with Crippen molar-refractivity contribution in [2.45, 2.75) is 53.2 Å². The molecule has 2 nitrogen and oxygen atoms in total. The van der Waals surface area contributed by atoms with Gasteiger partial charge in [0.25, 0.3) is 0 Å². The summed E-state index contributed by atoms with van der Waals surface area (Å²) < 4.78 is 0. The fourth-order valence-electron chi connectivity index (χ4n) is 1.84. The van der Waals surface area contributed by atoms with Gasteiger partial charge in [-0.15, -0.1) is 0 Å². The summed E-state index contributed by atoms with van der Waals surface area (Å²) in [5.41, 5.74) is 2.26. The molecule has 0 amide bonds. The molecule has 84 valence electrons. The highest BCUT2D eigenvalue weighted by atomic mass is 15.2. The summed E-state index contributed by atoms with van der Waals surface area (Å²) in [5, 5.41) is 0. The third kappa shape index (κ3) is 3.63. The number of hydrogen-bond acceptors (Lipinski definition) is 2. The molecule has 15 heavy (non-hydrogen) atoms. The van der Waals surface area contributed by atoms with Crippen molar-refractivity contribution < 1.29 is 0 Å². The number of aryl methyl sites for hydroxylation is 1. The van der Waals surface area contributed by atoms with E-state index < -0.39 is 0 Å². The zero-order valence-electron chi connectivity index (χ0n) is 10.5. The van der Waals surface area contributed by atoms with Crippen molar-refractivity contribution in [3.8, 4) is 0 Å². The number of aromatic nitrogens is 1. The first-order valence-corrected chi connectivity index (χ1v) is 5.69. The first kappa shape index (κ1) is 12.2. The Labute approximate surface area is 93.3 Å². The molecule has 0 aliphatic heterocycles. The van der Waals surface area contributed by atoms with Gasteiger partial charge in [0.05, 0.1) is 5.69 Å². The average molecular weight is 206 g/mol. The minimum Gasteiger partial charge on any atom is -0.293 e. The van der Waals surface area contributed by atoms with E-state index in [1.807, 2.05) is 13.0 Å². The Bertz CT molecular complexity index is 297. The van der Waals surface area contributed by atoms with Gasteiger partial charge in [-0.3, -0.25) is 9.88 Å². The van der Waals surface area contributed by atoms with Gasteiger partial charge < -0.3 is 0 Å². The molecule has 0 aromatic carbocycles. The lowest BCUT2D eigenvalue weighted by atomic mass is 10.2. The standard InChI is InChI=1S/C13H22N2/c1-10(2)15(11(3)4)9-13-8-6-7-12(5)14-13/h6-8,10-11H,9H2,1-5H3. The molecule has 0 unspecified atom stereocenters. The second kappa shape index (κ2) is 5.26. The lowest BCUT2D eigenvalue weighted by Crippen LogP contribution is -2.36. The maximum absolute atomic E-state index is 4.54. The molecular weight excluding hydrogens is 184 g/mol. The number of pyridine rings is 1. The highest BCUT2D eigenvalue weighted by molar-refractivity contribution is 5.09. The minimum absolute atomic E-state index is 0.562. The molecule has 1 rings (SSSR count). The Morgan fingerprint density at radius 1 is 1.13 bits per heavy atom. The second-order valence-corrected chi connectivity index (χ2v) is 4.63. The quantitative estimate of drug-likeness (QED) is 0.753. The van der Waals surface area contributed by atoms with E-state index in [0.29, 0.717) is 12.1 Å². The minimum atomic E-state index is 0.562. The van der Waals surface area contributed by atoms with Crippen LogP contribution in [0.15, 0.2) is 18.2 Å². The molecule has 2 heteroatoms. The van der Waals surface area contributed by atoms with Crippen LogP contribution in [0.3, 0.4) is 0 Å². The first-order chi connectivity index (χ1) is 7.00. The van der Waals surface area contributed by atoms with Gasteiger partial charge in [-0.25, -0.2) is 0 Å². The van der Waals surface area contributed by atoms with Gasteiger partial charge in [0.2, 0.25) is 0 Å². The van der Waals surface area contributed by atoms with Crippen molar-refractivity contribution in [3.05, 3.63) is 29.6 Å². The van der Waals surface area contributed by atoms with Crippen molar-refractivity contribution >= 4 is 0 Å². The lowest BCUT2D eigenvalue weighted by molar-refractivity contribution is 0.164. The first-order valence-electron chi connectivity index (χ1n) is 5.69. The van der Waals surface area contributed by atoms with Gasteiger partial charge >= 0.3 is 0 Å². The summed E-state index contributed by atoms with van der Waals surface area (Å²) in [6, 6.07) is 7.35. The normalized spacial score (nSPS) is 11.7. The predicted molar refractivity (Wildman–Crippen MR) is 64.8 cm³/mol. The van der Waals surface area contributed by atoms with Gasteiger partial charge in [0, 0.05) is 24.3 Å². The molecule has 0 bridgehead atoms. The number of nitrogens with zero attached hydrogens (tertiary/aromatic N) is 2. The fraction of sp³-hybridized carbons (Fsp3) is 0.615. The maximum Gasteiger partial charge on any atom is 0.0547 e. The lowest BCUT2D eigenvalue weighted by Gasteiger charge is -2.30. The zero-order valence-corrected chi connectivity index (χ0v) is 10.5. The van der Waals surface area contributed by atoms with Crippen LogP contribution in [0.1, 0.15) is 39.1 Å². The molecule has 0 aliphatic carbocycles. The van der Waals surface area contributed by atoms with Gasteiger partial charge in [-0.2, -0.15) is 0 Å². The van der Waals surface area contributed by atoms with Crippen LogP contribution in [-0.2, 0) is 6.54 Å². The molecule has 0 aliphatic rings. The maximum atomic E-state index is 4.54. The monoisotopic (exact) mass is 206 g/mol. The van der Waals surface area contributed by atoms with Crippen LogP contribution < -0.4 is 0 Å². The number of rotatable bonds is 4. The highest BCUT2D eigenvalue weighted by Crippen LogP contribution is 2.10. The van der Waals surface area contributed by atoms with E-state index in [4.69, 9.17) is 0 Å². The van der Waals surface area contributed by atoms with Crippen LogP contribution in [-0.4, -0.2) is 22.0 Å². The van der Waals surface area contributed by atoms with E-state index in [2.05, 4.69) is 49.7 Å². The van der Waals surface area contributed by atoms with E-state index in [-0.39, 0.29) is 0 Å². The molecule has 0 fully saturated rings. The molecule has 1 aromatic rings. The van der Waals surface area contributed by atoms with Crippen LogP contribution in [0.5, 0.6) is 0 Å². The molecule has 0 atom stereocenters. The molecule has 1 aromatic heterocycles. The molecule has 0 spiro atoms. The van der Waals surface area contributed by atoms with E-state index in [1.54, 1.807) is 0 Å². The van der Waals surface area contributed by atoms with Crippen LogP contribution in [0.2, 0.25) is 0 Å². The van der Waals surface area contributed by atoms with Crippen molar-refractivity contribution in [1.29, 1.82) is 0 Å². The third-order valence-corrected chi connectivity index (χ3v) is 2.62. The largest absolute Gasteiger partial charge is 0.293 e. The Morgan fingerprint density at radius 3 is 2.20 bits per heavy atom. The number of hydrogen-bond donors (Lipinski definition) is 0. The summed E-state index contributed by atoms with van der Waals surface area (Å²) >= 11 is 0. The van der Waals surface area contributed by atoms with E-state index >= 15 is 0 Å². The topological polar surface area (TPSA) is 16.1 Å². The average Bonchev–Trinajstić information content (AvgIpc) is 2.13. The van der Waals surface area contributed by atoms with Gasteiger partial charge in [-0.1, -0.05) is 6.07 Å². The zero-order chi connectivity index (χ0) is 11.4. The molecule has 0 saturated heterocycles. The van der Waals surface area contributed by atoms with Crippen LogP contribution in [0.4, 0.5) is 0 Å². The highest BCUT2D eigenvalue weighted by Gasteiger charge is 2.13. The van der Waals surface area contributed by atoms with E-state index in [1.165, 1.54) is 0 Å². The van der Waals surface area contributed by atoms with Gasteiger partial charge in [0.1, 0.15) is 0 Å². The van der Waals surface area contributed by atoms with E-state index in [0.717, 1.165) is 17.9 Å². The molecule has 0 N–H and O–H groups in total. The molecular formula is C13H22N2. The second-order valence-electron chi connectivity index (χ2n) is 4.63. The van der Waals surface area contributed by atoms with Crippen molar-refractivity contribution in [2.24, 2.45) is 0 Å². The molecule has 0 radical (unpaired) electrons. The van der Waals surface area contributed by atoms with Gasteiger partial charge in [-0.05, 0) is 46.8 Å². The van der Waals surface area contributed by atoms with Crippen molar-refractivity contribution in [3.63, 3.8) is 0 Å². The van der Waals surface area contributed by atoms with Crippen LogP contribution in [0, 0.1) is 6.92 Å². The molecule has 0 saturated carbocycles. The van der Waals surface area contributed by atoms with Crippen molar-refractivity contribution in [1.82, 2.24) is 9.88 Å². The van der Waals surface area contributed by atoms with Crippen LogP contribution in [0.25, 0.3) is 0 Å². The summed E-state index contributed by atoms with van der Waals surface area (Å²) in [6.45, 7) is 11.9. The van der Waals surface area contributed by atoms with Crippen LogP contribution >= 0.6 is 0 Å². The summed E-state index contributed by atoms with van der Waals surface area (Å²) in [7, 11) is 0. The summed E-state index contributed by atoms with van der Waals surface area (Å²) in [5.74, 6) is 0. The SMILES string of the molecule is Cc1cccc(CN(C(C)C)C(C)C)n1. The van der Waals surface area contributed by atoms with E-state index in [9.17, 15) is 0 Å². The third-order valence-electron chi connectivity index (χ3n) is 2.62. The smallest absolute Gasteiger partial charge is 0.0547 e. The fourth-order valence-corrected chi connectivity index (χ4v) is 1.84.